The Balaban J connectivity index is 2.15. The first-order valence-corrected chi connectivity index (χ1v) is 7.58. The van der Waals surface area contributed by atoms with Crippen LogP contribution in [0.5, 0.6) is 0 Å². The zero-order chi connectivity index (χ0) is 15.6. The van der Waals surface area contributed by atoms with E-state index in [4.69, 9.17) is 23.2 Å². The minimum absolute atomic E-state index is 0.271. The molecule has 0 saturated heterocycles. The maximum atomic E-state index is 13.5. The molecule has 0 aromatic heterocycles. The standard InChI is InChI=1S/C15H11BrCl2FNO/c1-20(8-9-2-5-12(17)13(18)6-9)15(21)10-3-4-11(16)14(19)7-10/h2-7H,8H2,1H3. The monoisotopic (exact) mass is 389 g/mol. The number of carbonyl (C=O) groups excluding carboxylic acids is 1. The van der Waals surface area contributed by atoms with Crippen molar-refractivity contribution in [2.45, 2.75) is 6.54 Å². The summed E-state index contributed by atoms with van der Waals surface area (Å²) in [6, 6.07) is 9.46. The largest absolute Gasteiger partial charge is 0.337 e. The summed E-state index contributed by atoms with van der Waals surface area (Å²) in [6.07, 6.45) is 0. The first-order valence-electron chi connectivity index (χ1n) is 6.03. The van der Waals surface area contributed by atoms with Gasteiger partial charge in [-0.3, -0.25) is 4.79 Å². The molecule has 0 radical (unpaired) electrons. The van der Waals surface area contributed by atoms with Crippen LogP contribution in [0.3, 0.4) is 0 Å². The predicted molar refractivity (Wildman–Crippen MR) is 86.4 cm³/mol. The second kappa shape index (κ2) is 6.77. The second-order valence-electron chi connectivity index (χ2n) is 4.54. The number of amides is 1. The van der Waals surface area contributed by atoms with Crippen molar-refractivity contribution in [2.24, 2.45) is 0 Å². The molecule has 0 aliphatic heterocycles. The van der Waals surface area contributed by atoms with Gasteiger partial charge in [-0.1, -0.05) is 29.3 Å². The number of rotatable bonds is 3. The zero-order valence-electron chi connectivity index (χ0n) is 11.0. The van der Waals surface area contributed by atoms with Crippen LogP contribution in [0.4, 0.5) is 4.39 Å². The average molecular weight is 391 g/mol. The molecule has 0 N–H and O–H groups in total. The highest BCUT2D eigenvalue weighted by atomic mass is 79.9. The second-order valence-corrected chi connectivity index (χ2v) is 6.21. The van der Waals surface area contributed by atoms with Gasteiger partial charge in [-0.25, -0.2) is 4.39 Å². The SMILES string of the molecule is CN(Cc1ccc(Cl)c(Cl)c1)C(=O)c1ccc(Br)c(F)c1. The summed E-state index contributed by atoms with van der Waals surface area (Å²) in [7, 11) is 1.64. The normalized spacial score (nSPS) is 10.5. The Morgan fingerprint density at radius 3 is 2.52 bits per heavy atom. The molecule has 0 aliphatic rings. The molecule has 1 amide bonds. The lowest BCUT2D eigenvalue weighted by Crippen LogP contribution is -2.26. The van der Waals surface area contributed by atoms with Crippen molar-refractivity contribution >= 4 is 45.0 Å². The summed E-state index contributed by atoms with van der Waals surface area (Å²) < 4.78 is 13.8. The van der Waals surface area contributed by atoms with Crippen LogP contribution in [0.2, 0.25) is 10.0 Å². The number of carbonyl (C=O) groups is 1. The molecule has 2 aromatic rings. The van der Waals surface area contributed by atoms with Gasteiger partial charge in [-0.15, -0.1) is 0 Å². The summed E-state index contributed by atoms with van der Waals surface area (Å²) in [4.78, 5) is 13.7. The molecule has 0 fully saturated rings. The van der Waals surface area contributed by atoms with Gasteiger partial charge in [0, 0.05) is 19.2 Å². The lowest BCUT2D eigenvalue weighted by Gasteiger charge is -2.18. The summed E-state index contributed by atoms with van der Waals surface area (Å²) in [5.41, 5.74) is 1.14. The Bertz CT molecular complexity index is 693. The minimum atomic E-state index is -0.469. The summed E-state index contributed by atoms with van der Waals surface area (Å²) in [6.45, 7) is 0.355. The topological polar surface area (TPSA) is 20.3 Å². The predicted octanol–water partition coefficient (Wildman–Crippen LogP) is 5.17. The molecule has 0 saturated carbocycles. The van der Waals surface area contributed by atoms with Gasteiger partial charge in [0.25, 0.3) is 5.91 Å². The highest BCUT2D eigenvalue weighted by molar-refractivity contribution is 9.10. The third-order valence-electron chi connectivity index (χ3n) is 2.92. The van der Waals surface area contributed by atoms with Crippen LogP contribution in [-0.2, 0) is 6.54 Å². The smallest absolute Gasteiger partial charge is 0.253 e. The van der Waals surface area contributed by atoms with E-state index in [1.807, 2.05) is 0 Å². The molecular weight excluding hydrogens is 380 g/mol. The van der Waals surface area contributed by atoms with Crippen LogP contribution < -0.4 is 0 Å². The fourth-order valence-corrected chi connectivity index (χ4v) is 2.40. The van der Waals surface area contributed by atoms with Crippen LogP contribution >= 0.6 is 39.1 Å². The Morgan fingerprint density at radius 2 is 1.90 bits per heavy atom. The van der Waals surface area contributed by atoms with Gasteiger partial charge in [0.1, 0.15) is 5.82 Å². The van der Waals surface area contributed by atoms with E-state index in [-0.39, 0.29) is 5.91 Å². The molecule has 0 spiro atoms. The van der Waals surface area contributed by atoms with Crippen molar-refractivity contribution in [1.82, 2.24) is 4.90 Å². The lowest BCUT2D eigenvalue weighted by molar-refractivity contribution is 0.0784. The molecule has 2 aromatic carbocycles. The molecule has 21 heavy (non-hydrogen) atoms. The van der Waals surface area contributed by atoms with Crippen LogP contribution in [-0.4, -0.2) is 17.9 Å². The van der Waals surface area contributed by atoms with E-state index < -0.39 is 5.82 Å². The van der Waals surface area contributed by atoms with E-state index >= 15 is 0 Å². The highest BCUT2D eigenvalue weighted by Crippen LogP contribution is 2.23. The van der Waals surface area contributed by atoms with Crippen molar-refractivity contribution in [3.63, 3.8) is 0 Å². The first-order chi connectivity index (χ1) is 9.88. The Labute approximate surface area is 140 Å². The minimum Gasteiger partial charge on any atom is -0.337 e. The van der Waals surface area contributed by atoms with E-state index in [1.165, 1.54) is 17.0 Å². The van der Waals surface area contributed by atoms with Crippen LogP contribution in [0.15, 0.2) is 40.9 Å². The maximum Gasteiger partial charge on any atom is 0.253 e. The van der Waals surface area contributed by atoms with E-state index in [0.717, 1.165) is 5.56 Å². The van der Waals surface area contributed by atoms with Crippen molar-refractivity contribution < 1.29 is 9.18 Å². The maximum absolute atomic E-state index is 13.5. The number of benzene rings is 2. The summed E-state index contributed by atoms with van der Waals surface area (Å²) in [5, 5.41) is 0.897. The lowest BCUT2D eigenvalue weighted by atomic mass is 10.1. The molecule has 2 nitrogen and oxygen atoms in total. The van der Waals surface area contributed by atoms with Gasteiger partial charge < -0.3 is 4.90 Å². The van der Waals surface area contributed by atoms with Gasteiger partial charge in [0.2, 0.25) is 0 Å². The molecule has 0 heterocycles. The molecule has 6 heteroatoms. The number of halogens is 4. The fourth-order valence-electron chi connectivity index (χ4n) is 1.83. The Morgan fingerprint density at radius 1 is 1.19 bits per heavy atom. The number of hydrogen-bond donors (Lipinski definition) is 0. The van der Waals surface area contributed by atoms with Crippen molar-refractivity contribution in [1.29, 1.82) is 0 Å². The van der Waals surface area contributed by atoms with Gasteiger partial charge in [0.15, 0.2) is 0 Å². The van der Waals surface area contributed by atoms with Crippen molar-refractivity contribution in [3.05, 3.63) is 67.9 Å². The third kappa shape index (κ3) is 3.96. The molecule has 0 aliphatic carbocycles. The van der Waals surface area contributed by atoms with Gasteiger partial charge in [0.05, 0.1) is 14.5 Å². The highest BCUT2D eigenvalue weighted by Gasteiger charge is 2.14. The Kier molecular flexibility index (Phi) is 5.25. The Hall–Kier alpha value is -1.10. The van der Waals surface area contributed by atoms with Gasteiger partial charge in [-0.2, -0.15) is 0 Å². The molecular formula is C15H11BrCl2FNO. The molecule has 0 unspecified atom stereocenters. The van der Waals surface area contributed by atoms with E-state index in [0.29, 0.717) is 26.6 Å². The number of nitrogens with zero attached hydrogens (tertiary/aromatic N) is 1. The number of hydrogen-bond acceptors (Lipinski definition) is 1. The van der Waals surface area contributed by atoms with E-state index in [1.54, 1.807) is 31.3 Å². The molecule has 2 rings (SSSR count). The van der Waals surface area contributed by atoms with Crippen molar-refractivity contribution in [2.75, 3.05) is 7.05 Å². The van der Waals surface area contributed by atoms with Gasteiger partial charge in [-0.05, 0) is 51.8 Å². The molecule has 0 bridgehead atoms. The quantitative estimate of drug-likeness (QED) is 0.708. The summed E-state index contributed by atoms with van der Waals surface area (Å²) in [5.74, 6) is -0.740. The van der Waals surface area contributed by atoms with Crippen molar-refractivity contribution in [3.8, 4) is 0 Å². The van der Waals surface area contributed by atoms with Crippen LogP contribution in [0, 0.1) is 5.82 Å². The molecule has 110 valence electrons. The van der Waals surface area contributed by atoms with Gasteiger partial charge >= 0.3 is 0 Å². The first kappa shape index (κ1) is 16.3. The average Bonchev–Trinajstić information content (AvgIpc) is 2.45. The third-order valence-corrected chi connectivity index (χ3v) is 4.30. The van der Waals surface area contributed by atoms with E-state index in [9.17, 15) is 9.18 Å². The zero-order valence-corrected chi connectivity index (χ0v) is 14.1. The van der Waals surface area contributed by atoms with E-state index in [2.05, 4.69) is 15.9 Å². The van der Waals surface area contributed by atoms with Crippen LogP contribution in [0.1, 0.15) is 15.9 Å². The molecule has 0 atom stereocenters. The van der Waals surface area contributed by atoms with Crippen LogP contribution in [0.25, 0.3) is 0 Å². The summed E-state index contributed by atoms with van der Waals surface area (Å²) >= 11 is 14.8. The fraction of sp³-hybridized carbons (Fsp3) is 0.133.